The first-order valence-corrected chi connectivity index (χ1v) is 3.84. The van der Waals surface area contributed by atoms with Gasteiger partial charge in [-0.25, -0.2) is 4.98 Å². The molecule has 0 aliphatic heterocycles. The molecule has 1 aromatic heterocycles. The summed E-state index contributed by atoms with van der Waals surface area (Å²) in [6, 6.07) is 2.98. The summed E-state index contributed by atoms with van der Waals surface area (Å²) in [5.41, 5.74) is 0. The van der Waals surface area contributed by atoms with Crippen molar-refractivity contribution in [2.75, 3.05) is 6.61 Å². The fourth-order valence-corrected chi connectivity index (χ4v) is 0.813. The molecular formula is C7H10BNO4. The quantitative estimate of drug-likeness (QED) is 0.634. The second-order valence-corrected chi connectivity index (χ2v) is 2.21. The third kappa shape index (κ3) is 3.31. The van der Waals surface area contributed by atoms with E-state index in [2.05, 4.69) is 9.64 Å². The molecule has 5 nitrogen and oxygen atoms in total. The molecule has 1 rings (SSSR count). The third-order valence-corrected chi connectivity index (χ3v) is 1.24. The first-order valence-electron chi connectivity index (χ1n) is 3.84. The summed E-state index contributed by atoms with van der Waals surface area (Å²) < 4.78 is 9.67. The van der Waals surface area contributed by atoms with Gasteiger partial charge in [0.2, 0.25) is 5.88 Å². The number of nitrogens with zero attached hydrogens (tertiary/aromatic N) is 1. The van der Waals surface area contributed by atoms with Crippen LogP contribution >= 0.6 is 0 Å². The maximum Gasteiger partial charge on any atom is 0.707 e. The molecule has 1 aromatic rings. The Hall–Kier alpha value is -1.27. The molecule has 0 fully saturated rings. The number of rotatable bonds is 4. The molecule has 0 aliphatic carbocycles. The molecule has 0 aliphatic rings. The lowest BCUT2D eigenvalue weighted by atomic mass is 10.2. The van der Waals surface area contributed by atoms with Crippen LogP contribution in [-0.4, -0.2) is 29.0 Å². The zero-order valence-corrected chi connectivity index (χ0v) is 7.17. The Morgan fingerprint density at radius 3 is 2.92 bits per heavy atom. The minimum absolute atomic E-state index is 0.299. The molecule has 0 bridgehead atoms. The van der Waals surface area contributed by atoms with Crippen LogP contribution in [0.2, 0.25) is 0 Å². The van der Waals surface area contributed by atoms with Gasteiger partial charge in [-0.2, -0.15) is 0 Å². The minimum Gasteiger partial charge on any atom is -0.512 e. The summed E-state index contributed by atoms with van der Waals surface area (Å²) in [7, 11) is -1.82. The Morgan fingerprint density at radius 2 is 2.31 bits per heavy atom. The number of ether oxygens (including phenoxy) is 1. The summed E-state index contributed by atoms with van der Waals surface area (Å²) in [6.45, 7) is 2.33. The van der Waals surface area contributed by atoms with Crippen molar-refractivity contribution in [3.63, 3.8) is 0 Å². The number of pyridine rings is 1. The summed E-state index contributed by atoms with van der Waals surface area (Å²) in [6.07, 6.45) is 1.46. The van der Waals surface area contributed by atoms with Gasteiger partial charge in [0.05, 0.1) is 6.61 Å². The van der Waals surface area contributed by atoms with E-state index in [0.29, 0.717) is 18.2 Å². The van der Waals surface area contributed by atoms with E-state index in [0.717, 1.165) is 0 Å². The predicted molar refractivity (Wildman–Crippen MR) is 46.2 cm³/mol. The van der Waals surface area contributed by atoms with Crippen molar-refractivity contribution < 1.29 is 19.4 Å². The van der Waals surface area contributed by atoms with E-state index in [9.17, 15) is 0 Å². The molecule has 0 aromatic carbocycles. The number of aromatic nitrogens is 1. The van der Waals surface area contributed by atoms with Crippen molar-refractivity contribution in [2.24, 2.45) is 0 Å². The van der Waals surface area contributed by atoms with E-state index in [1.807, 2.05) is 6.92 Å². The standard InChI is InChI=1S/C7H10BNO4/c1-2-12-7-5-6(3-4-9-7)13-8(10)11/h3-5,10-11H,2H2,1H3. The lowest BCUT2D eigenvalue weighted by molar-refractivity contribution is 0.285. The molecular weight excluding hydrogens is 173 g/mol. The highest BCUT2D eigenvalue weighted by Crippen LogP contribution is 2.16. The van der Waals surface area contributed by atoms with Crippen LogP contribution in [0.25, 0.3) is 0 Å². The topological polar surface area (TPSA) is 71.8 Å². The van der Waals surface area contributed by atoms with Crippen LogP contribution in [0.1, 0.15) is 6.92 Å². The highest BCUT2D eigenvalue weighted by atomic mass is 16.6. The van der Waals surface area contributed by atoms with Gasteiger partial charge < -0.3 is 19.4 Å². The van der Waals surface area contributed by atoms with Crippen molar-refractivity contribution in [1.29, 1.82) is 0 Å². The van der Waals surface area contributed by atoms with Crippen molar-refractivity contribution in [2.45, 2.75) is 6.92 Å². The summed E-state index contributed by atoms with van der Waals surface area (Å²) in [5, 5.41) is 17.0. The van der Waals surface area contributed by atoms with Gasteiger partial charge in [-0.15, -0.1) is 0 Å². The molecule has 2 N–H and O–H groups in total. The average molecular weight is 183 g/mol. The zero-order valence-electron chi connectivity index (χ0n) is 7.17. The molecule has 0 spiro atoms. The lowest BCUT2D eigenvalue weighted by Crippen LogP contribution is -2.20. The predicted octanol–water partition coefficient (Wildman–Crippen LogP) is -0.171. The molecule has 0 saturated heterocycles. The first kappa shape index (κ1) is 9.82. The van der Waals surface area contributed by atoms with Crippen molar-refractivity contribution in [3.8, 4) is 11.6 Å². The summed E-state index contributed by atoms with van der Waals surface area (Å²) >= 11 is 0. The van der Waals surface area contributed by atoms with Crippen molar-refractivity contribution in [3.05, 3.63) is 18.3 Å². The highest BCUT2D eigenvalue weighted by molar-refractivity contribution is 6.33. The Kier molecular flexibility index (Phi) is 3.54. The smallest absolute Gasteiger partial charge is 0.512 e. The Balaban J connectivity index is 2.67. The third-order valence-electron chi connectivity index (χ3n) is 1.24. The Bertz CT molecular complexity index is 268. The van der Waals surface area contributed by atoms with E-state index in [4.69, 9.17) is 14.8 Å². The van der Waals surface area contributed by atoms with Gasteiger partial charge >= 0.3 is 7.32 Å². The first-order chi connectivity index (χ1) is 6.22. The molecule has 0 atom stereocenters. The molecule has 0 saturated carbocycles. The number of hydrogen-bond donors (Lipinski definition) is 2. The van der Waals surface area contributed by atoms with Gasteiger partial charge in [0.1, 0.15) is 5.75 Å². The molecule has 6 heteroatoms. The average Bonchev–Trinajstić information content (AvgIpc) is 2.04. The van der Waals surface area contributed by atoms with Gasteiger partial charge in [0.15, 0.2) is 0 Å². The molecule has 0 amide bonds. The maximum atomic E-state index is 8.50. The fourth-order valence-electron chi connectivity index (χ4n) is 0.813. The molecule has 0 unspecified atom stereocenters. The van der Waals surface area contributed by atoms with Crippen LogP contribution in [0.5, 0.6) is 11.6 Å². The fraction of sp³-hybridized carbons (Fsp3) is 0.286. The second kappa shape index (κ2) is 4.69. The van der Waals surface area contributed by atoms with Crippen LogP contribution < -0.4 is 9.39 Å². The maximum absolute atomic E-state index is 8.50. The molecule has 70 valence electrons. The normalized spacial score (nSPS) is 9.46. The SMILES string of the molecule is CCOc1cc(OB(O)O)ccn1. The van der Waals surface area contributed by atoms with Crippen LogP contribution in [0.15, 0.2) is 18.3 Å². The van der Waals surface area contributed by atoms with Crippen LogP contribution in [0.3, 0.4) is 0 Å². The van der Waals surface area contributed by atoms with Gasteiger partial charge in [0, 0.05) is 12.3 Å². The van der Waals surface area contributed by atoms with E-state index in [-0.39, 0.29) is 0 Å². The second-order valence-electron chi connectivity index (χ2n) is 2.21. The monoisotopic (exact) mass is 183 g/mol. The Labute approximate surface area is 76.1 Å². The van der Waals surface area contributed by atoms with Gasteiger partial charge in [-0.3, -0.25) is 0 Å². The minimum atomic E-state index is -1.82. The van der Waals surface area contributed by atoms with E-state index < -0.39 is 7.32 Å². The van der Waals surface area contributed by atoms with Crippen molar-refractivity contribution >= 4 is 7.32 Å². The van der Waals surface area contributed by atoms with Gasteiger partial charge in [-0.1, -0.05) is 0 Å². The summed E-state index contributed by atoms with van der Waals surface area (Å²) in [5.74, 6) is 0.689. The van der Waals surface area contributed by atoms with Crippen LogP contribution in [-0.2, 0) is 0 Å². The zero-order chi connectivity index (χ0) is 9.68. The van der Waals surface area contributed by atoms with E-state index >= 15 is 0 Å². The van der Waals surface area contributed by atoms with Crippen LogP contribution in [0, 0.1) is 0 Å². The Morgan fingerprint density at radius 1 is 1.54 bits per heavy atom. The molecule has 1 heterocycles. The van der Waals surface area contributed by atoms with Gasteiger partial charge in [0.25, 0.3) is 0 Å². The lowest BCUT2D eigenvalue weighted by Gasteiger charge is -2.06. The molecule has 13 heavy (non-hydrogen) atoms. The van der Waals surface area contributed by atoms with Crippen LogP contribution in [0.4, 0.5) is 0 Å². The largest absolute Gasteiger partial charge is 0.707 e. The highest BCUT2D eigenvalue weighted by Gasteiger charge is 2.11. The van der Waals surface area contributed by atoms with Crippen molar-refractivity contribution in [1.82, 2.24) is 4.98 Å². The molecule has 0 radical (unpaired) electrons. The van der Waals surface area contributed by atoms with Gasteiger partial charge in [-0.05, 0) is 13.0 Å². The number of hydrogen-bond acceptors (Lipinski definition) is 5. The van der Waals surface area contributed by atoms with E-state index in [1.54, 1.807) is 0 Å². The van der Waals surface area contributed by atoms with E-state index in [1.165, 1.54) is 18.3 Å². The summed E-state index contributed by atoms with van der Waals surface area (Å²) in [4.78, 5) is 3.87.